The smallest absolute Gasteiger partial charge is 0.0236 e. The third kappa shape index (κ3) is 2.11. The SMILES string of the molecule is CNCCCn1c(C)ccc1C. The maximum atomic E-state index is 3.16. The largest absolute Gasteiger partial charge is 0.349 e. The average molecular weight is 166 g/mol. The normalized spacial score (nSPS) is 10.6. The first-order valence-electron chi connectivity index (χ1n) is 4.53. The van der Waals surface area contributed by atoms with Crippen LogP contribution < -0.4 is 5.32 Å². The Balaban J connectivity index is 2.50. The van der Waals surface area contributed by atoms with Gasteiger partial charge in [0.2, 0.25) is 0 Å². The van der Waals surface area contributed by atoms with Crippen molar-refractivity contribution in [3.63, 3.8) is 0 Å². The molecular formula is C10H18N2. The van der Waals surface area contributed by atoms with Crippen LogP contribution in [0.1, 0.15) is 17.8 Å². The van der Waals surface area contributed by atoms with Crippen LogP contribution >= 0.6 is 0 Å². The standard InChI is InChI=1S/C10H18N2/c1-9-5-6-10(2)12(9)8-4-7-11-3/h5-6,11H,4,7-8H2,1-3H3. The van der Waals surface area contributed by atoms with E-state index in [2.05, 4.69) is 35.9 Å². The van der Waals surface area contributed by atoms with E-state index < -0.39 is 0 Å². The molecule has 2 nitrogen and oxygen atoms in total. The molecule has 0 aliphatic heterocycles. The summed E-state index contributed by atoms with van der Waals surface area (Å²) in [5.74, 6) is 0. The monoisotopic (exact) mass is 166 g/mol. The Morgan fingerprint density at radius 3 is 2.33 bits per heavy atom. The maximum absolute atomic E-state index is 3.16. The molecule has 0 aliphatic rings. The average Bonchev–Trinajstić information content (AvgIpc) is 2.35. The molecule has 0 spiro atoms. The molecule has 0 bridgehead atoms. The van der Waals surface area contributed by atoms with Gasteiger partial charge in [-0.1, -0.05) is 0 Å². The topological polar surface area (TPSA) is 17.0 Å². The van der Waals surface area contributed by atoms with Gasteiger partial charge in [0, 0.05) is 17.9 Å². The van der Waals surface area contributed by atoms with Crippen LogP contribution in [-0.2, 0) is 6.54 Å². The van der Waals surface area contributed by atoms with Crippen molar-refractivity contribution in [2.75, 3.05) is 13.6 Å². The molecule has 2 heteroatoms. The number of aryl methyl sites for hydroxylation is 2. The summed E-state index contributed by atoms with van der Waals surface area (Å²) < 4.78 is 2.36. The summed E-state index contributed by atoms with van der Waals surface area (Å²) in [7, 11) is 2.00. The molecule has 0 atom stereocenters. The number of nitrogens with zero attached hydrogens (tertiary/aromatic N) is 1. The van der Waals surface area contributed by atoms with Crippen LogP contribution in [0.2, 0.25) is 0 Å². The molecule has 0 fully saturated rings. The molecule has 0 unspecified atom stereocenters. The molecular weight excluding hydrogens is 148 g/mol. The van der Waals surface area contributed by atoms with Crippen LogP contribution in [0.4, 0.5) is 0 Å². The van der Waals surface area contributed by atoms with Gasteiger partial charge in [-0.2, -0.15) is 0 Å². The van der Waals surface area contributed by atoms with Crippen molar-refractivity contribution in [1.29, 1.82) is 0 Å². The quantitative estimate of drug-likeness (QED) is 0.674. The molecule has 0 radical (unpaired) electrons. The Morgan fingerprint density at radius 2 is 1.83 bits per heavy atom. The lowest BCUT2D eigenvalue weighted by Crippen LogP contribution is -2.12. The predicted octanol–water partition coefficient (Wildman–Crippen LogP) is 1.71. The van der Waals surface area contributed by atoms with Crippen molar-refractivity contribution in [1.82, 2.24) is 9.88 Å². The Hall–Kier alpha value is -0.760. The van der Waals surface area contributed by atoms with Crippen LogP contribution in [0.25, 0.3) is 0 Å². The Kier molecular flexibility index (Phi) is 3.35. The van der Waals surface area contributed by atoms with Gasteiger partial charge in [-0.3, -0.25) is 0 Å². The number of hydrogen-bond acceptors (Lipinski definition) is 1. The fourth-order valence-electron chi connectivity index (χ4n) is 1.47. The molecule has 1 rings (SSSR count). The predicted molar refractivity (Wildman–Crippen MR) is 52.4 cm³/mol. The molecule has 0 saturated heterocycles. The highest BCUT2D eigenvalue weighted by Crippen LogP contribution is 2.07. The van der Waals surface area contributed by atoms with Gasteiger partial charge in [-0.25, -0.2) is 0 Å². The molecule has 1 aromatic heterocycles. The van der Waals surface area contributed by atoms with E-state index in [1.807, 2.05) is 7.05 Å². The summed E-state index contributed by atoms with van der Waals surface area (Å²) in [6, 6.07) is 4.35. The Bertz CT molecular complexity index is 218. The van der Waals surface area contributed by atoms with Crippen molar-refractivity contribution < 1.29 is 0 Å². The van der Waals surface area contributed by atoms with Gasteiger partial charge in [-0.15, -0.1) is 0 Å². The first-order valence-corrected chi connectivity index (χ1v) is 4.53. The third-order valence-electron chi connectivity index (χ3n) is 2.23. The van der Waals surface area contributed by atoms with Crippen molar-refractivity contribution in [2.24, 2.45) is 0 Å². The second-order valence-electron chi connectivity index (χ2n) is 3.22. The molecule has 0 saturated carbocycles. The van der Waals surface area contributed by atoms with Crippen molar-refractivity contribution in [3.05, 3.63) is 23.5 Å². The van der Waals surface area contributed by atoms with E-state index in [9.17, 15) is 0 Å². The van der Waals surface area contributed by atoms with Crippen LogP contribution in [0, 0.1) is 13.8 Å². The zero-order valence-electron chi connectivity index (χ0n) is 8.22. The molecule has 0 amide bonds. The number of aromatic nitrogens is 1. The fourth-order valence-corrected chi connectivity index (χ4v) is 1.47. The van der Waals surface area contributed by atoms with Crippen molar-refractivity contribution in [3.8, 4) is 0 Å². The maximum Gasteiger partial charge on any atom is 0.0236 e. The fraction of sp³-hybridized carbons (Fsp3) is 0.600. The number of rotatable bonds is 4. The Morgan fingerprint density at radius 1 is 1.25 bits per heavy atom. The highest BCUT2D eigenvalue weighted by Gasteiger charge is 1.98. The summed E-state index contributed by atoms with van der Waals surface area (Å²) in [6.45, 7) is 6.54. The van der Waals surface area contributed by atoms with Gasteiger partial charge >= 0.3 is 0 Å². The van der Waals surface area contributed by atoms with E-state index >= 15 is 0 Å². The van der Waals surface area contributed by atoms with E-state index in [0.29, 0.717) is 0 Å². The lowest BCUT2D eigenvalue weighted by Gasteiger charge is -2.08. The van der Waals surface area contributed by atoms with Gasteiger partial charge in [0.25, 0.3) is 0 Å². The third-order valence-corrected chi connectivity index (χ3v) is 2.23. The summed E-state index contributed by atoms with van der Waals surface area (Å²) in [6.07, 6.45) is 1.20. The molecule has 0 aliphatic carbocycles. The minimum Gasteiger partial charge on any atom is -0.349 e. The van der Waals surface area contributed by atoms with Gasteiger partial charge in [0.15, 0.2) is 0 Å². The van der Waals surface area contributed by atoms with Gasteiger partial charge in [0.1, 0.15) is 0 Å². The minimum absolute atomic E-state index is 1.09. The van der Waals surface area contributed by atoms with E-state index in [1.54, 1.807) is 0 Å². The summed E-state index contributed by atoms with van der Waals surface area (Å²) in [5.41, 5.74) is 2.73. The van der Waals surface area contributed by atoms with Gasteiger partial charge < -0.3 is 9.88 Å². The molecule has 1 N–H and O–H groups in total. The van der Waals surface area contributed by atoms with Gasteiger partial charge in [0.05, 0.1) is 0 Å². The van der Waals surface area contributed by atoms with Crippen LogP contribution in [0.5, 0.6) is 0 Å². The molecule has 68 valence electrons. The lowest BCUT2D eigenvalue weighted by atomic mass is 10.4. The zero-order valence-corrected chi connectivity index (χ0v) is 8.22. The molecule has 1 heterocycles. The van der Waals surface area contributed by atoms with E-state index in [0.717, 1.165) is 13.1 Å². The second kappa shape index (κ2) is 4.31. The second-order valence-corrected chi connectivity index (χ2v) is 3.22. The summed E-state index contributed by atoms with van der Waals surface area (Å²) in [4.78, 5) is 0. The summed E-state index contributed by atoms with van der Waals surface area (Å²) >= 11 is 0. The number of nitrogens with one attached hydrogen (secondary N) is 1. The Labute approximate surface area is 74.6 Å². The molecule has 1 aromatic rings. The van der Waals surface area contributed by atoms with Crippen LogP contribution in [-0.4, -0.2) is 18.2 Å². The van der Waals surface area contributed by atoms with Crippen molar-refractivity contribution >= 4 is 0 Å². The van der Waals surface area contributed by atoms with E-state index in [4.69, 9.17) is 0 Å². The summed E-state index contributed by atoms with van der Waals surface area (Å²) in [5, 5.41) is 3.16. The first-order chi connectivity index (χ1) is 5.75. The zero-order chi connectivity index (χ0) is 8.97. The highest BCUT2D eigenvalue weighted by atomic mass is 15.0. The van der Waals surface area contributed by atoms with Crippen LogP contribution in [0.15, 0.2) is 12.1 Å². The number of hydrogen-bond donors (Lipinski definition) is 1. The van der Waals surface area contributed by atoms with E-state index in [1.165, 1.54) is 17.8 Å². The first kappa shape index (κ1) is 9.33. The van der Waals surface area contributed by atoms with E-state index in [-0.39, 0.29) is 0 Å². The van der Waals surface area contributed by atoms with Crippen LogP contribution in [0.3, 0.4) is 0 Å². The lowest BCUT2D eigenvalue weighted by molar-refractivity contribution is 0.595. The van der Waals surface area contributed by atoms with Crippen molar-refractivity contribution in [2.45, 2.75) is 26.8 Å². The highest BCUT2D eigenvalue weighted by molar-refractivity contribution is 5.13. The molecule has 0 aromatic carbocycles. The minimum atomic E-state index is 1.09. The van der Waals surface area contributed by atoms with Gasteiger partial charge in [-0.05, 0) is 46.0 Å². The molecule has 12 heavy (non-hydrogen) atoms.